The molecule has 336 valence electrons. The number of carbonyl (C=O) groups is 2. The summed E-state index contributed by atoms with van der Waals surface area (Å²) in [4.78, 5) is 43.4. The van der Waals surface area contributed by atoms with E-state index in [4.69, 9.17) is 23.4 Å². The zero-order chi connectivity index (χ0) is 44.8. The zero-order valence-electron chi connectivity index (χ0n) is 37.8. The Morgan fingerprint density at radius 2 is 1.52 bits per heavy atom. The van der Waals surface area contributed by atoms with E-state index >= 15 is 0 Å². The van der Waals surface area contributed by atoms with Crippen LogP contribution >= 0.6 is 0 Å². The van der Waals surface area contributed by atoms with Gasteiger partial charge in [-0.25, -0.2) is 9.59 Å². The number of ether oxygens (including phenoxy) is 4. The first kappa shape index (κ1) is 45.1. The Kier molecular flexibility index (Phi) is 14.2. The number of aliphatic hydroxyl groups excluding tert-OH is 1. The number of esters is 2. The second kappa shape index (κ2) is 20.1. The predicted molar refractivity (Wildman–Crippen MR) is 247 cm³/mol. The first-order chi connectivity index (χ1) is 31.0. The molecule has 1 N–H and O–H groups in total. The minimum Gasteiger partial charge on any atom is -0.483 e. The molecule has 5 aromatic rings. The lowest BCUT2D eigenvalue weighted by molar-refractivity contribution is -0.201. The van der Waals surface area contributed by atoms with Gasteiger partial charge in [0.05, 0.1) is 18.8 Å². The van der Waals surface area contributed by atoms with Gasteiger partial charge in [0.25, 0.3) is 0 Å². The number of aliphatic hydroxyl groups is 1. The van der Waals surface area contributed by atoms with Crippen molar-refractivity contribution in [1.82, 2.24) is 0 Å². The molecule has 1 saturated carbocycles. The fourth-order valence-corrected chi connectivity index (χ4v) is 10.4. The molecule has 4 atom stereocenters. The highest BCUT2D eigenvalue weighted by Crippen LogP contribution is 2.52. The highest BCUT2D eigenvalue weighted by Gasteiger charge is 2.56. The lowest BCUT2D eigenvalue weighted by Gasteiger charge is -2.50. The predicted octanol–water partition coefficient (Wildman–Crippen LogP) is 10.5. The first-order valence-corrected chi connectivity index (χ1v) is 23.2. The van der Waals surface area contributed by atoms with Gasteiger partial charge in [0.2, 0.25) is 0 Å². The number of hydrogen-bond donors (Lipinski definition) is 1. The topological polar surface area (TPSA) is 122 Å². The van der Waals surface area contributed by atoms with Gasteiger partial charge in [-0.2, -0.15) is 0 Å². The average Bonchev–Trinajstić information content (AvgIpc) is 3.29. The third kappa shape index (κ3) is 9.91. The standard InChI is InChI=1S/C55H62O9/c1-35(2)43-25-24-36-18-20-39(21-19-36)32-41(23-22-38-14-11-15-40(31-38)30-37-12-7-5-8-13-37)33-48(57)61-51-49-47(64-55(3,52(51)63-53(43)58)42-16-9-6-10-17-42)27-26-44-46(34-56)45(28-29-60-4)54(59)62-50(44)49/h5,7-8,11-15,18-21,26-27,31,41-42,51-52,56H,6,9-10,16-17,22-25,28-30,32-34H2,1-4H3/t41-,51-,52+,55+/m1/s1. The molecule has 3 aliphatic heterocycles. The Labute approximate surface area is 376 Å². The molecule has 9 rings (SSSR count). The van der Waals surface area contributed by atoms with Crippen molar-refractivity contribution >= 4 is 22.9 Å². The Bertz CT molecular complexity index is 2530. The summed E-state index contributed by atoms with van der Waals surface area (Å²) in [5.74, 6) is -0.649. The number of aryl methyl sites for hydroxylation is 2. The minimum atomic E-state index is -1.18. The van der Waals surface area contributed by atoms with Gasteiger partial charge in [-0.05, 0) is 124 Å². The van der Waals surface area contributed by atoms with Crippen LogP contribution in [0.5, 0.6) is 5.75 Å². The summed E-state index contributed by atoms with van der Waals surface area (Å²) in [6, 6.07) is 31.3. The minimum absolute atomic E-state index is 0.0235. The van der Waals surface area contributed by atoms with Crippen molar-refractivity contribution in [2.24, 2.45) is 11.8 Å². The monoisotopic (exact) mass is 866 g/mol. The molecular weight excluding hydrogens is 805 g/mol. The lowest BCUT2D eigenvalue weighted by atomic mass is 9.71. The molecule has 9 nitrogen and oxygen atoms in total. The highest BCUT2D eigenvalue weighted by atomic mass is 16.6. The quantitative estimate of drug-likeness (QED) is 0.0831. The van der Waals surface area contributed by atoms with E-state index in [1.807, 2.05) is 32.9 Å². The number of fused-ring (bicyclic) bond motifs is 13. The maximum absolute atomic E-state index is 14.9. The van der Waals surface area contributed by atoms with Crippen LogP contribution in [0.4, 0.5) is 0 Å². The van der Waals surface area contributed by atoms with E-state index in [1.165, 1.54) is 16.7 Å². The third-order valence-corrected chi connectivity index (χ3v) is 14.0. The molecule has 0 radical (unpaired) electrons. The van der Waals surface area contributed by atoms with Crippen LogP contribution in [0.3, 0.4) is 0 Å². The second-order valence-electron chi connectivity index (χ2n) is 18.5. The fourth-order valence-electron chi connectivity index (χ4n) is 10.4. The van der Waals surface area contributed by atoms with Crippen molar-refractivity contribution in [2.75, 3.05) is 13.7 Å². The number of carbonyl (C=O) groups excluding carboxylic acids is 2. The number of methoxy groups -OCH3 is 1. The zero-order valence-corrected chi connectivity index (χ0v) is 37.8. The van der Waals surface area contributed by atoms with Gasteiger partial charge in [0.15, 0.2) is 12.2 Å². The van der Waals surface area contributed by atoms with Crippen LogP contribution in [0, 0.1) is 11.8 Å². The SMILES string of the molecule is COCCc1c(CO)c2ccc3c(c2oc1=O)[C@H]1OC(=O)C[C@H](CCc2cccc(Cc4ccccc4)c2)Cc2ccc(cc2)CCC(=C(C)C)C(=O)O[C@@H]1[C@](C)(C1CCCCC1)O3. The number of allylic oxidation sites excluding steroid dienone is 1. The Balaban J connectivity index is 1.22. The van der Waals surface area contributed by atoms with Crippen molar-refractivity contribution in [1.29, 1.82) is 0 Å². The van der Waals surface area contributed by atoms with Crippen molar-refractivity contribution in [2.45, 2.75) is 129 Å². The molecule has 2 bridgehead atoms. The second-order valence-corrected chi connectivity index (χ2v) is 18.5. The summed E-state index contributed by atoms with van der Waals surface area (Å²) in [7, 11) is 1.55. The normalized spacial score (nSPS) is 22.0. The summed E-state index contributed by atoms with van der Waals surface area (Å²) in [5, 5.41) is 11.2. The molecule has 64 heavy (non-hydrogen) atoms. The number of benzene rings is 4. The molecule has 4 aromatic carbocycles. The molecule has 1 aliphatic carbocycles. The van der Waals surface area contributed by atoms with Crippen molar-refractivity contribution in [3.05, 3.63) is 157 Å². The molecule has 0 saturated heterocycles. The number of rotatable bonds is 10. The fraction of sp³-hybridized carbons (Fsp3) is 0.436. The van der Waals surface area contributed by atoms with Crippen molar-refractivity contribution in [3.63, 3.8) is 0 Å². The van der Waals surface area contributed by atoms with Gasteiger partial charge in [-0.1, -0.05) is 104 Å². The molecule has 0 spiro atoms. The van der Waals surface area contributed by atoms with Gasteiger partial charge in [-0.3, -0.25) is 4.79 Å². The molecule has 0 amide bonds. The summed E-state index contributed by atoms with van der Waals surface area (Å²) in [6.45, 7) is 5.65. The van der Waals surface area contributed by atoms with Gasteiger partial charge >= 0.3 is 17.6 Å². The van der Waals surface area contributed by atoms with Gasteiger partial charge in [0.1, 0.15) is 16.9 Å². The molecule has 9 heteroatoms. The number of hydrogen-bond acceptors (Lipinski definition) is 9. The van der Waals surface area contributed by atoms with E-state index in [2.05, 4.69) is 72.8 Å². The Morgan fingerprint density at radius 3 is 2.25 bits per heavy atom. The van der Waals surface area contributed by atoms with Crippen LogP contribution < -0.4 is 10.4 Å². The average molecular weight is 867 g/mol. The van der Waals surface area contributed by atoms with Crippen LogP contribution in [0.2, 0.25) is 0 Å². The molecule has 4 heterocycles. The summed E-state index contributed by atoms with van der Waals surface area (Å²) in [6.07, 6.45) is 6.97. The van der Waals surface area contributed by atoms with E-state index in [0.717, 1.165) is 68.1 Å². The molecule has 4 aliphatic rings. The van der Waals surface area contributed by atoms with Crippen molar-refractivity contribution < 1.29 is 38.1 Å². The van der Waals surface area contributed by atoms with E-state index in [9.17, 15) is 19.5 Å². The van der Waals surface area contributed by atoms with Crippen LogP contribution in [0.25, 0.3) is 11.0 Å². The van der Waals surface area contributed by atoms with E-state index in [1.54, 1.807) is 13.2 Å². The smallest absolute Gasteiger partial charge is 0.339 e. The molecule has 1 aromatic heterocycles. The molecule has 0 unspecified atom stereocenters. The molecular formula is C55H62O9. The van der Waals surface area contributed by atoms with Gasteiger partial charge in [-0.15, -0.1) is 0 Å². The van der Waals surface area contributed by atoms with Crippen LogP contribution in [0.15, 0.2) is 111 Å². The van der Waals surface area contributed by atoms with E-state index in [0.29, 0.717) is 52.7 Å². The highest BCUT2D eigenvalue weighted by molar-refractivity contribution is 5.90. The summed E-state index contributed by atoms with van der Waals surface area (Å²) >= 11 is 0. The van der Waals surface area contributed by atoms with E-state index < -0.39 is 42.0 Å². The maximum Gasteiger partial charge on any atom is 0.339 e. The van der Waals surface area contributed by atoms with Gasteiger partial charge in [0, 0.05) is 42.4 Å². The summed E-state index contributed by atoms with van der Waals surface area (Å²) < 4.78 is 32.1. The van der Waals surface area contributed by atoms with Crippen LogP contribution in [-0.4, -0.2) is 42.5 Å². The van der Waals surface area contributed by atoms with Crippen LogP contribution in [-0.2, 0) is 62.5 Å². The van der Waals surface area contributed by atoms with Crippen LogP contribution in [0.1, 0.15) is 123 Å². The van der Waals surface area contributed by atoms with Gasteiger partial charge < -0.3 is 28.5 Å². The third-order valence-electron chi connectivity index (χ3n) is 14.0. The maximum atomic E-state index is 14.9. The molecule has 1 fully saturated rings. The Hall–Kier alpha value is -5.51. The lowest BCUT2D eigenvalue weighted by Crippen LogP contribution is -2.58. The van der Waals surface area contributed by atoms with E-state index in [-0.39, 0.29) is 36.9 Å². The largest absolute Gasteiger partial charge is 0.483 e. The van der Waals surface area contributed by atoms with Crippen molar-refractivity contribution in [3.8, 4) is 5.75 Å². The summed E-state index contributed by atoms with van der Waals surface area (Å²) in [5.41, 5.74) is 6.79. The Morgan fingerprint density at radius 1 is 0.781 bits per heavy atom. The first-order valence-electron chi connectivity index (χ1n) is 23.2.